The van der Waals surface area contributed by atoms with Gasteiger partial charge in [0.1, 0.15) is 0 Å². The van der Waals surface area contributed by atoms with Gasteiger partial charge in [-0.3, -0.25) is 0 Å². The normalized spacial score (nSPS) is 10.4. The second-order valence-electron chi connectivity index (χ2n) is 3.04. The van der Waals surface area contributed by atoms with E-state index in [4.69, 9.17) is 9.84 Å². The number of rotatable bonds is 5. The SMILES string of the molecule is CCOC(=O)NCc1sccc1C=CC(=O)O. The van der Waals surface area contributed by atoms with Gasteiger partial charge in [0.2, 0.25) is 0 Å². The Morgan fingerprint density at radius 3 is 3.00 bits per heavy atom. The molecule has 0 aliphatic rings. The summed E-state index contributed by atoms with van der Waals surface area (Å²) < 4.78 is 4.72. The molecular weight excluding hydrogens is 242 g/mol. The van der Waals surface area contributed by atoms with Crippen LogP contribution < -0.4 is 5.32 Å². The fourth-order valence-corrected chi connectivity index (χ4v) is 1.94. The van der Waals surface area contributed by atoms with Crippen molar-refractivity contribution in [3.63, 3.8) is 0 Å². The summed E-state index contributed by atoms with van der Waals surface area (Å²) in [7, 11) is 0. The molecule has 0 aliphatic carbocycles. The van der Waals surface area contributed by atoms with Gasteiger partial charge in [-0.15, -0.1) is 11.3 Å². The molecule has 1 amide bonds. The van der Waals surface area contributed by atoms with Crippen LogP contribution in [-0.2, 0) is 16.1 Å². The van der Waals surface area contributed by atoms with Crippen molar-refractivity contribution in [2.24, 2.45) is 0 Å². The molecule has 0 radical (unpaired) electrons. The van der Waals surface area contributed by atoms with Crippen LogP contribution in [-0.4, -0.2) is 23.8 Å². The number of carbonyl (C=O) groups is 2. The average Bonchev–Trinajstić information content (AvgIpc) is 2.71. The van der Waals surface area contributed by atoms with Crippen LogP contribution in [0.15, 0.2) is 17.5 Å². The van der Waals surface area contributed by atoms with Gasteiger partial charge in [-0.05, 0) is 30.0 Å². The molecule has 0 aromatic carbocycles. The zero-order valence-corrected chi connectivity index (χ0v) is 10.1. The molecule has 1 heterocycles. The van der Waals surface area contributed by atoms with Gasteiger partial charge in [-0.2, -0.15) is 0 Å². The van der Waals surface area contributed by atoms with Crippen molar-refractivity contribution in [3.8, 4) is 0 Å². The predicted molar refractivity (Wildman–Crippen MR) is 64.9 cm³/mol. The van der Waals surface area contributed by atoms with Crippen LogP contribution in [0, 0.1) is 0 Å². The molecule has 5 nitrogen and oxygen atoms in total. The third-order valence-electron chi connectivity index (χ3n) is 1.85. The molecule has 6 heteroatoms. The zero-order chi connectivity index (χ0) is 12.7. The number of thiophene rings is 1. The fraction of sp³-hybridized carbons (Fsp3) is 0.273. The predicted octanol–water partition coefficient (Wildman–Crippen LogP) is 2.09. The lowest BCUT2D eigenvalue weighted by atomic mass is 10.2. The van der Waals surface area contributed by atoms with E-state index in [-0.39, 0.29) is 0 Å². The van der Waals surface area contributed by atoms with E-state index in [1.165, 1.54) is 17.4 Å². The first-order valence-corrected chi connectivity index (χ1v) is 5.89. The van der Waals surface area contributed by atoms with Crippen LogP contribution in [0.1, 0.15) is 17.4 Å². The maximum Gasteiger partial charge on any atom is 0.407 e. The van der Waals surface area contributed by atoms with Crippen molar-refractivity contribution in [2.45, 2.75) is 13.5 Å². The lowest BCUT2D eigenvalue weighted by molar-refractivity contribution is -0.131. The molecule has 0 aliphatic heterocycles. The lowest BCUT2D eigenvalue weighted by Gasteiger charge is -2.04. The number of hydrogen-bond donors (Lipinski definition) is 2. The molecule has 0 unspecified atom stereocenters. The third-order valence-corrected chi connectivity index (χ3v) is 2.79. The summed E-state index contributed by atoms with van der Waals surface area (Å²) in [6, 6.07) is 1.80. The number of alkyl carbamates (subject to hydrolysis) is 1. The topological polar surface area (TPSA) is 75.6 Å². The number of aliphatic carboxylic acids is 1. The van der Waals surface area contributed by atoms with Crippen molar-refractivity contribution in [1.29, 1.82) is 0 Å². The van der Waals surface area contributed by atoms with E-state index >= 15 is 0 Å². The summed E-state index contributed by atoms with van der Waals surface area (Å²) in [5.41, 5.74) is 0.786. The summed E-state index contributed by atoms with van der Waals surface area (Å²) in [5.74, 6) is -1.000. The van der Waals surface area contributed by atoms with E-state index in [0.717, 1.165) is 16.5 Å². The Balaban J connectivity index is 2.57. The zero-order valence-electron chi connectivity index (χ0n) is 9.30. The molecule has 0 bridgehead atoms. The standard InChI is InChI=1S/C11H13NO4S/c1-2-16-11(15)12-7-9-8(5-6-17-9)3-4-10(13)14/h3-6H,2,7H2,1H3,(H,12,15)(H,13,14). The minimum atomic E-state index is -1.000. The van der Waals surface area contributed by atoms with Crippen LogP contribution in [0.4, 0.5) is 4.79 Å². The first kappa shape index (κ1) is 13.2. The number of hydrogen-bond acceptors (Lipinski definition) is 4. The Bertz CT molecular complexity index is 425. The monoisotopic (exact) mass is 255 g/mol. The number of nitrogens with one attached hydrogen (secondary N) is 1. The second kappa shape index (κ2) is 6.70. The van der Waals surface area contributed by atoms with Crippen molar-refractivity contribution in [2.75, 3.05) is 6.61 Å². The van der Waals surface area contributed by atoms with Crippen molar-refractivity contribution < 1.29 is 19.4 Å². The van der Waals surface area contributed by atoms with Crippen LogP contribution in [0.2, 0.25) is 0 Å². The maximum atomic E-state index is 11.1. The van der Waals surface area contributed by atoms with Gasteiger partial charge in [0.25, 0.3) is 0 Å². The van der Waals surface area contributed by atoms with Crippen LogP contribution >= 0.6 is 11.3 Å². The average molecular weight is 255 g/mol. The van der Waals surface area contributed by atoms with Crippen LogP contribution in [0.5, 0.6) is 0 Å². The molecule has 92 valence electrons. The van der Waals surface area contributed by atoms with Gasteiger partial charge in [0, 0.05) is 11.0 Å². The number of carbonyl (C=O) groups excluding carboxylic acids is 1. The maximum absolute atomic E-state index is 11.1. The van der Waals surface area contributed by atoms with Crippen molar-refractivity contribution in [3.05, 3.63) is 28.0 Å². The van der Waals surface area contributed by atoms with Crippen molar-refractivity contribution >= 4 is 29.5 Å². The molecule has 1 aromatic rings. The molecule has 0 saturated heterocycles. The van der Waals surface area contributed by atoms with Gasteiger partial charge in [-0.25, -0.2) is 9.59 Å². The Morgan fingerprint density at radius 1 is 1.59 bits per heavy atom. The molecule has 1 aromatic heterocycles. The third kappa shape index (κ3) is 4.69. The Morgan fingerprint density at radius 2 is 2.35 bits per heavy atom. The van der Waals surface area contributed by atoms with Crippen LogP contribution in [0.3, 0.4) is 0 Å². The highest BCUT2D eigenvalue weighted by Crippen LogP contribution is 2.18. The van der Waals surface area contributed by atoms with E-state index < -0.39 is 12.1 Å². The van der Waals surface area contributed by atoms with Gasteiger partial charge >= 0.3 is 12.1 Å². The van der Waals surface area contributed by atoms with E-state index in [2.05, 4.69) is 5.32 Å². The summed E-state index contributed by atoms with van der Waals surface area (Å²) in [5, 5.41) is 12.9. The van der Waals surface area contributed by atoms with Gasteiger partial charge in [0.05, 0.1) is 13.2 Å². The van der Waals surface area contributed by atoms with E-state index in [1.807, 2.05) is 5.38 Å². The largest absolute Gasteiger partial charge is 0.478 e. The van der Waals surface area contributed by atoms with E-state index in [1.54, 1.807) is 13.0 Å². The first-order valence-electron chi connectivity index (χ1n) is 5.01. The highest BCUT2D eigenvalue weighted by molar-refractivity contribution is 7.10. The van der Waals surface area contributed by atoms with E-state index in [9.17, 15) is 9.59 Å². The number of carboxylic acids is 1. The van der Waals surface area contributed by atoms with Gasteiger partial charge < -0.3 is 15.2 Å². The minimum absolute atomic E-state index is 0.321. The Kier molecular flexibility index (Phi) is 5.22. The molecule has 0 fully saturated rings. The molecule has 2 N–H and O–H groups in total. The van der Waals surface area contributed by atoms with Crippen molar-refractivity contribution in [1.82, 2.24) is 5.32 Å². The van der Waals surface area contributed by atoms with Gasteiger partial charge in [-0.1, -0.05) is 0 Å². The molecule has 0 spiro atoms. The molecule has 1 rings (SSSR count). The highest BCUT2D eigenvalue weighted by Gasteiger charge is 2.05. The smallest absolute Gasteiger partial charge is 0.407 e. The molecule has 17 heavy (non-hydrogen) atoms. The molecular formula is C11H13NO4S. The summed E-state index contributed by atoms with van der Waals surface area (Å²) in [6.07, 6.45) is 2.09. The summed E-state index contributed by atoms with van der Waals surface area (Å²) in [6.45, 7) is 2.38. The fourth-order valence-electron chi connectivity index (χ4n) is 1.14. The summed E-state index contributed by atoms with van der Waals surface area (Å²) >= 11 is 1.45. The molecule has 0 atom stereocenters. The number of carboxylic acid groups (broad SMARTS) is 1. The first-order chi connectivity index (χ1) is 8.13. The lowest BCUT2D eigenvalue weighted by Crippen LogP contribution is -2.23. The second-order valence-corrected chi connectivity index (χ2v) is 4.05. The Labute approximate surface area is 103 Å². The summed E-state index contributed by atoms with van der Waals surface area (Å²) in [4.78, 5) is 22.3. The number of ether oxygens (including phenoxy) is 1. The van der Waals surface area contributed by atoms with E-state index in [0.29, 0.717) is 13.2 Å². The number of amides is 1. The Hall–Kier alpha value is -1.82. The quantitative estimate of drug-likeness (QED) is 0.790. The van der Waals surface area contributed by atoms with Crippen LogP contribution in [0.25, 0.3) is 6.08 Å². The molecule has 0 saturated carbocycles. The van der Waals surface area contributed by atoms with Gasteiger partial charge in [0.15, 0.2) is 0 Å². The highest BCUT2D eigenvalue weighted by atomic mass is 32.1. The minimum Gasteiger partial charge on any atom is -0.478 e.